The minimum absolute atomic E-state index is 0.113. The molecule has 0 aromatic carbocycles. The van der Waals surface area contributed by atoms with Gasteiger partial charge in [0.2, 0.25) is 0 Å². The summed E-state index contributed by atoms with van der Waals surface area (Å²) in [5.41, 5.74) is 0. The average Bonchev–Trinajstić information content (AvgIpc) is 2.62. The second-order valence-electron chi connectivity index (χ2n) is 6.60. The number of ether oxygens (including phenoxy) is 7. The number of esters is 5. The average molecular weight is 448 g/mol. The molecule has 12 nitrogen and oxygen atoms in total. The fraction of sp³-hybridized carbons (Fsp3) is 0.737. The number of hydrogen-bond donors (Lipinski definition) is 0. The first-order valence-corrected chi connectivity index (χ1v) is 9.55. The van der Waals surface area contributed by atoms with E-state index in [0.717, 1.165) is 34.6 Å². The van der Waals surface area contributed by atoms with Crippen LogP contribution in [0.2, 0.25) is 0 Å². The maximum Gasteiger partial charge on any atom is 0.303 e. The highest BCUT2D eigenvalue weighted by atomic mass is 16.7. The van der Waals surface area contributed by atoms with Crippen molar-refractivity contribution in [2.75, 3.05) is 13.2 Å². The molecule has 1 rings (SSSR count). The summed E-state index contributed by atoms with van der Waals surface area (Å²) >= 11 is 0. The second-order valence-corrected chi connectivity index (χ2v) is 6.60. The van der Waals surface area contributed by atoms with Gasteiger partial charge in [0.05, 0.1) is 0 Å². The lowest BCUT2D eigenvalue weighted by molar-refractivity contribution is -0.317. The van der Waals surface area contributed by atoms with E-state index in [4.69, 9.17) is 33.2 Å². The van der Waals surface area contributed by atoms with Crippen molar-refractivity contribution in [1.29, 1.82) is 0 Å². The number of carbonyl (C=O) groups is 5. The minimum Gasteiger partial charge on any atom is -0.462 e. The quantitative estimate of drug-likeness (QED) is 0.346. The Morgan fingerprint density at radius 3 is 1.71 bits per heavy atom. The van der Waals surface area contributed by atoms with Gasteiger partial charge in [0, 0.05) is 41.2 Å². The highest BCUT2D eigenvalue weighted by molar-refractivity contribution is 5.69. The molecule has 0 saturated carbocycles. The molecule has 1 heterocycles. The first kappa shape index (κ1) is 26.3. The third-order valence-electron chi connectivity index (χ3n) is 3.90. The van der Waals surface area contributed by atoms with E-state index in [9.17, 15) is 24.0 Å². The van der Waals surface area contributed by atoms with E-state index in [2.05, 4.69) is 0 Å². The zero-order chi connectivity index (χ0) is 23.7. The predicted octanol–water partition coefficient (Wildman–Crippen LogP) is 0.0377. The van der Waals surface area contributed by atoms with E-state index in [-0.39, 0.29) is 6.61 Å². The number of rotatable bonds is 9. The van der Waals surface area contributed by atoms with Crippen LogP contribution in [0.4, 0.5) is 0 Å². The van der Waals surface area contributed by atoms with Crippen molar-refractivity contribution >= 4 is 29.8 Å². The molecule has 12 heteroatoms. The van der Waals surface area contributed by atoms with Crippen LogP contribution in [0.25, 0.3) is 0 Å². The number of carbonyl (C=O) groups excluding carboxylic acids is 5. The van der Waals surface area contributed by atoms with Gasteiger partial charge in [-0.25, -0.2) is 0 Å². The van der Waals surface area contributed by atoms with Crippen molar-refractivity contribution in [1.82, 2.24) is 0 Å². The van der Waals surface area contributed by atoms with Crippen LogP contribution in [0.15, 0.2) is 0 Å². The Hall–Kier alpha value is -2.73. The molecule has 0 N–H and O–H groups in total. The predicted molar refractivity (Wildman–Crippen MR) is 99.1 cm³/mol. The van der Waals surface area contributed by atoms with Crippen molar-refractivity contribution in [3.8, 4) is 0 Å². The molecule has 0 aliphatic carbocycles. The van der Waals surface area contributed by atoms with Crippen LogP contribution >= 0.6 is 0 Å². The van der Waals surface area contributed by atoms with E-state index in [1.165, 1.54) is 0 Å². The molecule has 176 valence electrons. The molecule has 0 spiro atoms. The van der Waals surface area contributed by atoms with Gasteiger partial charge >= 0.3 is 29.8 Å². The monoisotopic (exact) mass is 448 g/mol. The summed E-state index contributed by atoms with van der Waals surface area (Å²) in [7, 11) is 0. The lowest BCUT2D eigenvalue weighted by Gasteiger charge is -2.45. The van der Waals surface area contributed by atoms with Crippen LogP contribution in [0, 0.1) is 0 Å². The van der Waals surface area contributed by atoms with E-state index in [0.29, 0.717) is 0 Å². The van der Waals surface area contributed by atoms with E-state index in [1.807, 2.05) is 0 Å². The minimum atomic E-state index is -1.39. The summed E-state index contributed by atoms with van der Waals surface area (Å²) in [6.07, 6.45) is -7.87. The molecule has 0 radical (unpaired) electrons. The first-order chi connectivity index (χ1) is 14.5. The molecule has 1 aliphatic rings. The van der Waals surface area contributed by atoms with Crippen LogP contribution in [-0.2, 0) is 57.1 Å². The summed E-state index contributed by atoms with van der Waals surface area (Å²) in [5.74, 6) is -3.67. The smallest absolute Gasteiger partial charge is 0.303 e. The third-order valence-corrected chi connectivity index (χ3v) is 3.90. The Morgan fingerprint density at radius 2 is 1.26 bits per heavy atom. The van der Waals surface area contributed by atoms with Crippen molar-refractivity contribution < 1.29 is 57.1 Å². The molecule has 0 aromatic rings. The Morgan fingerprint density at radius 1 is 0.742 bits per heavy atom. The highest BCUT2D eigenvalue weighted by Crippen LogP contribution is 2.32. The fourth-order valence-corrected chi connectivity index (χ4v) is 3.01. The third kappa shape index (κ3) is 8.50. The second kappa shape index (κ2) is 12.2. The van der Waals surface area contributed by atoms with Gasteiger partial charge in [-0.1, -0.05) is 0 Å². The molecule has 1 saturated heterocycles. The summed E-state index contributed by atoms with van der Waals surface area (Å²) in [4.78, 5) is 58.1. The molecule has 0 amide bonds. The molecule has 6 atom stereocenters. The Kier molecular flexibility index (Phi) is 10.4. The molecule has 31 heavy (non-hydrogen) atoms. The van der Waals surface area contributed by atoms with Crippen LogP contribution in [0.3, 0.4) is 0 Å². The standard InChI is InChI=1S/C19H28O12/c1-7-25-19-18(30-13(6)24)17(29-12(5)23)16(28-11(4)22)15(31-19)14(27-10(3)21)8-26-9(2)20/h14-19H,7-8H2,1-6H3/t14-,15+,16-,17-,18-,19+/m1/s1. The summed E-state index contributed by atoms with van der Waals surface area (Å²) < 4.78 is 37.3. The summed E-state index contributed by atoms with van der Waals surface area (Å²) in [5, 5.41) is 0. The maximum atomic E-state index is 11.8. The molecule has 1 fully saturated rings. The van der Waals surface area contributed by atoms with Crippen LogP contribution in [0.5, 0.6) is 0 Å². The van der Waals surface area contributed by atoms with Gasteiger partial charge < -0.3 is 33.2 Å². The zero-order valence-corrected chi connectivity index (χ0v) is 18.3. The first-order valence-electron chi connectivity index (χ1n) is 9.55. The summed E-state index contributed by atoms with van der Waals surface area (Å²) in [6, 6.07) is 0. The lowest BCUT2D eigenvalue weighted by atomic mass is 9.94. The van der Waals surface area contributed by atoms with Gasteiger partial charge in [0.25, 0.3) is 0 Å². The Bertz CT molecular complexity index is 675. The largest absolute Gasteiger partial charge is 0.462 e. The fourth-order valence-electron chi connectivity index (χ4n) is 3.01. The van der Waals surface area contributed by atoms with Crippen LogP contribution in [0.1, 0.15) is 41.5 Å². The molecular formula is C19H28O12. The zero-order valence-electron chi connectivity index (χ0n) is 18.3. The summed E-state index contributed by atoms with van der Waals surface area (Å²) in [6.45, 7) is 6.92. The SMILES string of the molecule is CCO[C@H]1O[C@@H]([C@@H](COC(C)=O)OC(C)=O)[C@@H](OC(C)=O)[C@@H](OC(C)=O)[C@H]1OC(C)=O. The van der Waals surface area contributed by atoms with Gasteiger partial charge in [-0.3, -0.25) is 24.0 Å². The van der Waals surface area contributed by atoms with Crippen molar-refractivity contribution in [3.05, 3.63) is 0 Å². The van der Waals surface area contributed by atoms with Gasteiger partial charge in [-0.15, -0.1) is 0 Å². The molecule has 0 aromatic heterocycles. The highest BCUT2D eigenvalue weighted by Gasteiger charge is 2.55. The van der Waals surface area contributed by atoms with Gasteiger partial charge in [0.1, 0.15) is 12.7 Å². The molecule has 0 unspecified atom stereocenters. The van der Waals surface area contributed by atoms with Gasteiger partial charge in [0.15, 0.2) is 30.7 Å². The van der Waals surface area contributed by atoms with Gasteiger partial charge in [-0.2, -0.15) is 0 Å². The molecule has 1 aliphatic heterocycles. The van der Waals surface area contributed by atoms with Gasteiger partial charge in [-0.05, 0) is 6.92 Å². The van der Waals surface area contributed by atoms with E-state index < -0.39 is 73.3 Å². The van der Waals surface area contributed by atoms with E-state index in [1.54, 1.807) is 6.92 Å². The van der Waals surface area contributed by atoms with Crippen LogP contribution < -0.4 is 0 Å². The van der Waals surface area contributed by atoms with Crippen molar-refractivity contribution in [2.24, 2.45) is 0 Å². The van der Waals surface area contributed by atoms with Crippen molar-refractivity contribution in [3.63, 3.8) is 0 Å². The maximum absolute atomic E-state index is 11.8. The number of hydrogen-bond acceptors (Lipinski definition) is 12. The molecular weight excluding hydrogens is 420 g/mol. The topological polar surface area (TPSA) is 150 Å². The normalized spacial score (nSPS) is 26.2. The Balaban J connectivity index is 3.46. The molecule has 0 bridgehead atoms. The van der Waals surface area contributed by atoms with Crippen molar-refractivity contribution in [2.45, 2.75) is 78.4 Å². The van der Waals surface area contributed by atoms with Crippen LogP contribution in [-0.4, -0.2) is 79.9 Å². The Labute approximate surface area is 179 Å². The lowest BCUT2D eigenvalue weighted by Crippen LogP contribution is -2.65. The van der Waals surface area contributed by atoms with E-state index >= 15 is 0 Å².